The quantitative estimate of drug-likeness (QED) is 0.234. The molecule has 1 atom stereocenters. The predicted molar refractivity (Wildman–Crippen MR) is 139 cm³/mol. The fraction of sp³-hybridized carbons (Fsp3) is 0.346. The van der Waals surface area contributed by atoms with E-state index in [1.54, 1.807) is 18.2 Å². The zero-order chi connectivity index (χ0) is 24.7. The first-order valence-electron chi connectivity index (χ1n) is 11.3. The van der Waals surface area contributed by atoms with E-state index in [0.29, 0.717) is 39.3 Å². The second-order valence-electron chi connectivity index (χ2n) is 7.84. The van der Waals surface area contributed by atoms with Gasteiger partial charge >= 0.3 is 5.97 Å². The monoisotopic (exact) mass is 499 g/mol. The number of rotatable bonds is 10. The Kier molecular flexibility index (Phi) is 9.12. The molecule has 8 heteroatoms. The van der Waals surface area contributed by atoms with Gasteiger partial charge in [0.15, 0.2) is 17.5 Å². The maximum Gasteiger partial charge on any atom is 0.333 e. The van der Waals surface area contributed by atoms with Crippen LogP contribution in [0.1, 0.15) is 51.3 Å². The molecule has 1 heterocycles. The molecule has 180 valence electrons. The molecule has 1 fully saturated rings. The molecule has 0 aromatic heterocycles. The van der Waals surface area contributed by atoms with E-state index in [0.717, 1.165) is 17.3 Å². The summed E-state index contributed by atoms with van der Waals surface area (Å²) < 4.78 is 17.3. The van der Waals surface area contributed by atoms with Crippen molar-refractivity contribution in [1.29, 1.82) is 0 Å². The Morgan fingerprint density at radius 2 is 1.85 bits per heavy atom. The van der Waals surface area contributed by atoms with Crippen LogP contribution >= 0.6 is 24.0 Å². The van der Waals surface area contributed by atoms with Crippen LogP contribution < -0.4 is 9.47 Å². The van der Waals surface area contributed by atoms with Crippen LogP contribution in [0.15, 0.2) is 53.4 Å². The summed E-state index contributed by atoms with van der Waals surface area (Å²) in [7, 11) is 0. The third-order valence-corrected chi connectivity index (χ3v) is 6.13. The Bertz CT molecular complexity index is 1070. The predicted octanol–water partition coefficient (Wildman–Crippen LogP) is 5.77. The summed E-state index contributed by atoms with van der Waals surface area (Å²) in [6, 6.07) is 13.7. The molecule has 1 aliphatic rings. The second kappa shape index (κ2) is 12.0. The second-order valence-corrected chi connectivity index (χ2v) is 9.51. The average Bonchev–Trinajstić information content (AvgIpc) is 3.08. The fourth-order valence-electron chi connectivity index (χ4n) is 3.40. The van der Waals surface area contributed by atoms with Crippen LogP contribution in [0, 0.1) is 0 Å². The zero-order valence-electron chi connectivity index (χ0n) is 19.8. The van der Waals surface area contributed by atoms with Gasteiger partial charge in [0.05, 0.1) is 24.2 Å². The van der Waals surface area contributed by atoms with Crippen molar-refractivity contribution >= 4 is 46.3 Å². The standard InChI is InChI=1S/C26H29NO5S2/c1-5-14-31-25(29)23(19-10-8-7-9-11-19)27-24(28)22(34-26(27)33)16-18-12-13-20(32-17(3)4)21(15-18)30-6-2/h7-13,15-17,23H,5-6,14H2,1-4H3/b22-16-. The minimum atomic E-state index is -0.938. The Labute approximate surface area is 210 Å². The SMILES string of the molecule is CCCOC(=O)C(c1ccccc1)N1C(=O)/C(=C/c2ccc(OC(C)C)c(OCC)c2)SC1=S. The highest BCUT2D eigenvalue weighted by Gasteiger charge is 2.42. The summed E-state index contributed by atoms with van der Waals surface area (Å²) in [4.78, 5) is 28.1. The van der Waals surface area contributed by atoms with Crippen LogP contribution in [0.3, 0.4) is 0 Å². The van der Waals surface area contributed by atoms with E-state index in [9.17, 15) is 9.59 Å². The molecular formula is C26H29NO5S2. The lowest BCUT2D eigenvalue weighted by Gasteiger charge is -2.25. The molecule has 1 aliphatic heterocycles. The molecular weight excluding hydrogens is 470 g/mol. The molecule has 6 nitrogen and oxygen atoms in total. The average molecular weight is 500 g/mol. The van der Waals surface area contributed by atoms with Gasteiger partial charge in [0, 0.05) is 0 Å². The number of hydrogen-bond acceptors (Lipinski definition) is 7. The molecule has 1 saturated heterocycles. The number of thioether (sulfide) groups is 1. The van der Waals surface area contributed by atoms with Gasteiger partial charge in [-0.05, 0) is 56.5 Å². The van der Waals surface area contributed by atoms with Crippen molar-refractivity contribution in [3.63, 3.8) is 0 Å². The van der Waals surface area contributed by atoms with Crippen LogP contribution in [-0.4, -0.2) is 40.4 Å². The minimum absolute atomic E-state index is 0.00342. The number of benzene rings is 2. The van der Waals surface area contributed by atoms with Crippen molar-refractivity contribution in [2.75, 3.05) is 13.2 Å². The van der Waals surface area contributed by atoms with Gasteiger partial charge in [-0.15, -0.1) is 0 Å². The van der Waals surface area contributed by atoms with Gasteiger partial charge in [0.2, 0.25) is 0 Å². The highest BCUT2D eigenvalue weighted by Crippen LogP contribution is 2.39. The fourth-order valence-corrected chi connectivity index (χ4v) is 4.71. The molecule has 0 aliphatic carbocycles. The number of esters is 1. The number of carbonyl (C=O) groups excluding carboxylic acids is 2. The summed E-state index contributed by atoms with van der Waals surface area (Å²) in [6.45, 7) is 8.48. The largest absolute Gasteiger partial charge is 0.490 e. The number of amides is 1. The van der Waals surface area contributed by atoms with E-state index in [-0.39, 0.29) is 18.6 Å². The van der Waals surface area contributed by atoms with E-state index in [1.807, 2.05) is 64.1 Å². The van der Waals surface area contributed by atoms with Crippen molar-refractivity contribution in [3.8, 4) is 11.5 Å². The Hall–Kier alpha value is -2.84. The third-order valence-electron chi connectivity index (χ3n) is 4.80. The van der Waals surface area contributed by atoms with Crippen LogP contribution in [0.2, 0.25) is 0 Å². The summed E-state index contributed by atoms with van der Waals surface area (Å²) >= 11 is 6.69. The first kappa shape index (κ1) is 25.8. The van der Waals surface area contributed by atoms with Gasteiger partial charge < -0.3 is 14.2 Å². The van der Waals surface area contributed by atoms with Gasteiger partial charge in [-0.1, -0.05) is 67.3 Å². The molecule has 2 aromatic carbocycles. The Morgan fingerprint density at radius 3 is 2.50 bits per heavy atom. The summed E-state index contributed by atoms with van der Waals surface area (Å²) in [5, 5.41) is 0. The molecule has 34 heavy (non-hydrogen) atoms. The zero-order valence-corrected chi connectivity index (χ0v) is 21.4. The minimum Gasteiger partial charge on any atom is -0.490 e. The summed E-state index contributed by atoms with van der Waals surface area (Å²) in [5.41, 5.74) is 1.42. The maximum atomic E-state index is 13.4. The maximum absolute atomic E-state index is 13.4. The van der Waals surface area contributed by atoms with Crippen LogP contribution in [0.25, 0.3) is 6.08 Å². The summed E-state index contributed by atoms with van der Waals surface area (Å²) in [5.74, 6) is 0.410. The van der Waals surface area contributed by atoms with Crippen molar-refractivity contribution < 1.29 is 23.8 Å². The molecule has 1 amide bonds. The van der Waals surface area contributed by atoms with Gasteiger partial charge in [-0.3, -0.25) is 9.69 Å². The van der Waals surface area contributed by atoms with Crippen molar-refractivity contribution in [1.82, 2.24) is 4.90 Å². The number of carbonyl (C=O) groups is 2. The van der Waals surface area contributed by atoms with Crippen molar-refractivity contribution in [2.24, 2.45) is 0 Å². The lowest BCUT2D eigenvalue weighted by molar-refractivity contribution is -0.151. The lowest BCUT2D eigenvalue weighted by atomic mass is 10.1. The highest BCUT2D eigenvalue weighted by atomic mass is 32.2. The van der Waals surface area contributed by atoms with Crippen LogP contribution in [0.4, 0.5) is 0 Å². The molecule has 3 rings (SSSR count). The number of hydrogen-bond donors (Lipinski definition) is 0. The Morgan fingerprint density at radius 1 is 1.12 bits per heavy atom. The Balaban J connectivity index is 1.93. The van der Waals surface area contributed by atoms with Crippen molar-refractivity contribution in [3.05, 3.63) is 64.6 Å². The molecule has 1 unspecified atom stereocenters. The van der Waals surface area contributed by atoms with Gasteiger partial charge in [-0.2, -0.15) is 0 Å². The molecule has 0 saturated carbocycles. The summed E-state index contributed by atoms with van der Waals surface area (Å²) in [6.07, 6.45) is 2.44. The van der Waals surface area contributed by atoms with E-state index in [4.69, 9.17) is 26.4 Å². The lowest BCUT2D eigenvalue weighted by Crippen LogP contribution is -2.38. The molecule has 0 spiro atoms. The molecule has 0 N–H and O–H groups in total. The van der Waals surface area contributed by atoms with Gasteiger partial charge in [0.1, 0.15) is 4.32 Å². The number of ether oxygens (including phenoxy) is 3. The first-order valence-corrected chi connectivity index (χ1v) is 12.5. The van der Waals surface area contributed by atoms with E-state index in [2.05, 4.69) is 0 Å². The number of nitrogens with zero attached hydrogens (tertiary/aromatic N) is 1. The van der Waals surface area contributed by atoms with Crippen molar-refractivity contribution in [2.45, 2.75) is 46.3 Å². The first-order chi connectivity index (χ1) is 16.3. The highest BCUT2D eigenvalue weighted by molar-refractivity contribution is 8.26. The van der Waals surface area contributed by atoms with Crippen LogP contribution in [0.5, 0.6) is 11.5 Å². The normalized spacial score (nSPS) is 15.7. The van der Waals surface area contributed by atoms with Gasteiger partial charge in [-0.25, -0.2) is 4.79 Å². The number of thiocarbonyl (C=S) groups is 1. The topological polar surface area (TPSA) is 65.1 Å². The third kappa shape index (κ3) is 6.18. The van der Waals surface area contributed by atoms with E-state index < -0.39 is 12.0 Å². The molecule has 0 bridgehead atoms. The van der Waals surface area contributed by atoms with Gasteiger partial charge in [0.25, 0.3) is 5.91 Å². The molecule has 0 radical (unpaired) electrons. The van der Waals surface area contributed by atoms with Crippen LogP contribution in [-0.2, 0) is 14.3 Å². The molecule has 2 aromatic rings. The van der Waals surface area contributed by atoms with E-state index in [1.165, 1.54) is 4.90 Å². The van der Waals surface area contributed by atoms with E-state index >= 15 is 0 Å². The smallest absolute Gasteiger partial charge is 0.333 e.